The van der Waals surface area contributed by atoms with Crippen molar-refractivity contribution in [1.29, 1.82) is 0 Å². The zero-order valence-electron chi connectivity index (χ0n) is 9.02. The van der Waals surface area contributed by atoms with E-state index < -0.39 is 29.3 Å². The number of nitrogens with zero attached hydrogens (tertiary/aromatic N) is 2. The van der Waals surface area contributed by atoms with Crippen LogP contribution in [0.15, 0.2) is 17.3 Å². The molecule has 1 rings (SSSR count). The van der Waals surface area contributed by atoms with E-state index in [1.165, 1.54) is 0 Å². The van der Waals surface area contributed by atoms with Gasteiger partial charge in [0.1, 0.15) is 11.2 Å². The average Bonchev–Trinajstić information content (AvgIpc) is 2.35. The first-order valence-electron chi connectivity index (χ1n) is 4.75. The highest BCUT2D eigenvalue weighted by molar-refractivity contribution is 7.99. The number of aromatic nitrogens is 1. The van der Waals surface area contributed by atoms with Gasteiger partial charge in [-0.05, 0) is 0 Å². The Kier molecular flexibility index (Phi) is 5.01. The van der Waals surface area contributed by atoms with Crippen LogP contribution >= 0.6 is 11.8 Å². The number of aliphatic hydroxyl groups excluding tert-OH is 2. The van der Waals surface area contributed by atoms with E-state index in [0.717, 1.165) is 24.0 Å². The molecule has 3 N–H and O–H groups in total. The molecule has 98 valence electrons. The molecule has 0 aliphatic carbocycles. The third kappa shape index (κ3) is 3.65. The van der Waals surface area contributed by atoms with Gasteiger partial charge in [-0.15, -0.1) is 11.8 Å². The predicted octanol–water partition coefficient (Wildman–Crippen LogP) is 0.133. The maximum absolute atomic E-state index is 10.9. The quantitative estimate of drug-likeness (QED) is 0.378. The SMILES string of the molecule is O=C(O)c1cc([N+](=O)[O-])cnc1SCC(O)CO. The van der Waals surface area contributed by atoms with Gasteiger partial charge in [0, 0.05) is 11.8 Å². The molecule has 18 heavy (non-hydrogen) atoms. The third-order valence-corrected chi connectivity index (χ3v) is 3.05. The van der Waals surface area contributed by atoms with Crippen molar-refractivity contribution < 1.29 is 25.0 Å². The molecule has 0 amide bonds. The lowest BCUT2D eigenvalue weighted by atomic mass is 10.3. The summed E-state index contributed by atoms with van der Waals surface area (Å²) in [7, 11) is 0. The fraction of sp³-hybridized carbons (Fsp3) is 0.333. The Bertz CT molecular complexity index is 466. The van der Waals surface area contributed by atoms with Gasteiger partial charge in [-0.1, -0.05) is 0 Å². The molecule has 0 saturated carbocycles. The first-order valence-corrected chi connectivity index (χ1v) is 5.73. The van der Waals surface area contributed by atoms with E-state index >= 15 is 0 Å². The highest BCUT2D eigenvalue weighted by Gasteiger charge is 2.18. The molecule has 1 heterocycles. The third-order valence-electron chi connectivity index (χ3n) is 1.90. The normalized spacial score (nSPS) is 12.1. The van der Waals surface area contributed by atoms with Crippen molar-refractivity contribution in [2.45, 2.75) is 11.1 Å². The Hall–Kier alpha value is -1.71. The Morgan fingerprint density at radius 3 is 2.78 bits per heavy atom. The van der Waals surface area contributed by atoms with Crippen LogP contribution in [0, 0.1) is 10.1 Å². The zero-order valence-corrected chi connectivity index (χ0v) is 9.83. The van der Waals surface area contributed by atoms with Crippen molar-refractivity contribution in [2.75, 3.05) is 12.4 Å². The molecule has 0 fully saturated rings. The van der Waals surface area contributed by atoms with Gasteiger partial charge in [0.15, 0.2) is 0 Å². The van der Waals surface area contributed by atoms with E-state index in [1.807, 2.05) is 0 Å². The predicted molar refractivity (Wildman–Crippen MR) is 61.7 cm³/mol. The fourth-order valence-corrected chi connectivity index (χ4v) is 1.92. The molecular formula is C9H10N2O6S. The fourth-order valence-electron chi connectivity index (χ4n) is 1.04. The van der Waals surface area contributed by atoms with Crippen molar-refractivity contribution in [2.24, 2.45) is 0 Å². The second kappa shape index (κ2) is 6.28. The van der Waals surface area contributed by atoms with Gasteiger partial charge in [-0.3, -0.25) is 10.1 Å². The molecule has 1 unspecified atom stereocenters. The monoisotopic (exact) mass is 274 g/mol. The molecule has 9 heteroatoms. The molecule has 0 aliphatic heterocycles. The molecule has 0 aliphatic rings. The Balaban J connectivity index is 2.97. The lowest BCUT2D eigenvalue weighted by molar-refractivity contribution is -0.385. The second-order valence-electron chi connectivity index (χ2n) is 3.26. The summed E-state index contributed by atoms with van der Waals surface area (Å²) in [6, 6.07) is 0.906. The number of aliphatic hydroxyl groups is 2. The molecule has 1 atom stereocenters. The summed E-state index contributed by atoms with van der Waals surface area (Å²) in [4.78, 5) is 24.4. The summed E-state index contributed by atoms with van der Waals surface area (Å²) in [5.41, 5.74) is -0.723. The highest BCUT2D eigenvalue weighted by atomic mass is 32.2. The van der Waals surface area contributed by atoms with Gasteiger partial charge in [-0.25, -0.2) is 9.78 Å². The number of pyridine rings is 1. The maximum atomic E-state index is 10.9. The van der Waals surface area contributed by atoms with E-state index in [0.29, 0.717) is 0 Å². The average molecular weight is 274 g/mol. The smallest absolute Gasteiger partial charge is 0.338 e. The van der Waals surface area contributed by atoms with E-state index in [9.17, 15) is 14.9 Å². The lowest BCUT2D eigenvalue weighted by Crippen LogP contribution is -2.15. The molecular weight excluding hydrogens is 264 g/mol. The number of thioether (sulfide) groups is 1. The molecule has 0 aromatic carbocycles. The Morgan fingerprint density at radius 2 is 2.28 bits per heavy atom. The zero-order chi connectivity index (χ0) is 13.7. The molecule has 0 saturated heterocycles. The topological polar surface area (TPSA) is 134 Å². The highest BCUT2D eigenvalue weighted by Crippen LogP contribution is 2.24. The van der Waals surface area contributed by atoms with Crippen LogP contribution in [-0.4, -0.2) is 49.7 Å². The minimum atomic E-state index is -1.34. The number of nitro groups is 1. The van der Waals surface area contributed by atoms with Crippen LogP contribution in [0.25, 0.3) is 0 Å². The minimum absolute atomic E-state index is 0.0432. The largest absolute Gasteiger partial charge is 0.478 e. The molecule has 8 nitrogen and oxygen atoms in total. The molecule has 1 aromatic rings. The van der Waals surface area contributed by atoms with Gasteiger partial charge >= 0.3 is 5.97 Å². The standard InChI is InChI=1S/C9H10N2O6S/c12-3-6(13)4-18-8-7(9(14)15)1-5(2-10-8)11(16)17/h1-2,6,12-13H,3-4H2,(H,14,15). The van der Waals surface area contributed by atoms with Crippen LogP contribution in [0.1, 0.15) is 10.4 Å². The maximum Gasteiger partial charge on any atom is 0.338 e. The van der Waals surface area contributed by atoms with Crippen molar-refractivity contribution >= 4 is 23.4 Å². The van der Waals surface area contributed by atoms with Crippen molar-refractivity contribution in [3.8, 4) is 0 Å². The molecule has 1 aromatic heterocycles. The number of hydrogen-bond donors (Lipinski definition) is 3. The van der Waals surface area contributed by atoms with Gasteiger partial charge in [0.25, 0.3) is 5.69 Å². The molecule has 0 radical (unpaired) electrons. The number of carboxylic acids is 1. The second-order valence-corrected chi connectivity index (χ2v) is 4.26. The van der Waals surface area contributed by atoms with E-state index in [-0.39, 0.29) is 16.3 Å². The summed E-state index contributed by atoms with van der Waals surface area (Å²) >= 11 is 0.904. The molecule has 0 spiro atoms. The summed E-state index contributed by atoms with van der Waals surface area (Å²) in [5, 5.41) is 37.2. The van der Waals surface area contributed by atoms with E-state index in [2.05, 4.69) is 4.98 Å². The van der Waals surface area contributed by atoms with Crippen molar-refractivity contribution in [1.82, 2.24) is 4.98 Å². The first kappa shape index (κ1) is 14.4. The number of carboxylic acid groups (broad SMARTS) is 1. The van der Waals surface area contributed by atoms with Crippen LogP contribution in [0.2, 0.25) is 0 Å². The van der Waals surface area contributed by atoms with Crippen LogP contribution in [0.4, 0.5) is 5.69 Å². The van der Waals surface area contributed by atoms with Gasteiger partial charge in [0.05, 0.1) is 23.2 Å². The summed E-state index contributed by atoms with van der Waals surface area (Å²) in [6.45, 7) is -0.456. The van der Waals surface area contributed by atoms with E-state index in [4.69, 9.17) is 15.3 Å². The number of hydrogen-bond acceptors (Lipinski definition) is 7. The van der Waals surface area contributed by atoms with Crippen molar-refractivity contribution in [3.63, 3.8) is 0 Å². The Morgan fingerprint density at radius 1 is 1.61 bits per heavy atom. The van der Waals surface area contributed by atoms with Gasteiger partial charge in [-0.2, -0.15) is 0 Å². The summed E-state index contributed by atoms with van der Waals surface area (Å²) in [6.07, 6.45) is -0.0613. The minimum Gasteiger partial charge on any atom is -0.478 e. The van der Waals surface area contributed by atoms with Crippen LogP contribution in [-0.2, 0) is 0 Å². The Labute approximate surface area is 105 Å². The van der Waals surface area contributed by atoms with Crippen molar-refractivity contribution in [3.05, 3.63) is 27.9 Å². The van der Waals surface area contributed by atoms with Crippen LogP contribution in [0.5, 0.6) is 0 Å². The van der Waals surface area contributed by atoms with Crippen LogP contribution < -0.4 is 0 Å². The molecule has 0 bridgehead atoms. The van der Waals surface area contributed by atoms with Gasteiger partial charge in [0.2, 0.25) is 0 Å². The summed E-state index contributed by atoms with van der Waals surface area (Å²) in [5.74, 6) is -1.30. The number of carbonyl (C=O) groups is 1. The lowest BCUT2D eigenvalue weighted by Gasteiger charge is -2.07. The summed E-state index contributed by atoms with van der Waals surface area (Å²) < 4.78 is 0. The first-order chi connectivity index (χ1) is 8.45. The number of aromatic carboxylic acids is 1. The van der Waals surface area contributed by atoms with Gasteiger partial charge < -0.3 is 15.3 Å². The van der Waals surface area contributed by atoms with E-state index in [1.54, 1.807) is 0 Å². The van der Waals surface area contributed by atoms with Crippen LogP contribution in [0.3, 0.4) is 0 Å². The number of rotatable bonds is 6.